The van der Waals surface area contributed by atoms with E-state index < -0.39 is 0 Å². The van der Waals surface area contributed by atoms with Gasteiger partial charge >= 0.3 is 0 Å². The van der Waals surface area contributed by atoms with Crippen molar-refractivity contribution in [3.63, 3.8) is 0 Å². The molecule has 4 heteroatoms. The second-order valence-electron chi connectivity index (χ2n) is 5.14. The number of likely N-dealkylation sites (N-methyl/N-ethyl adjacent to an activating group) is 1. The number of hydrogen-bond acceptors (Lipinski definition) is 4. The van der Waals surface area contributed by atoms with Crippen LogP contribution < -0.4 is 15.4 Å². The van der Waals surface area contributed by atoms with Crippen LogP contribution in [0.5, 0.6) is 5.75 Å². The number of anilines is 2. The molecule has 1 heterocycles. The molecule has 0 radical (unpaired) electrons. The zero-order chi connectivity index (χ0) is 14.5. The quantitative estimate of drug-likeness (QED) is 0.822. The van der Waals surface area contributed by atoms with E-state index in [0.717, 1.165) is 24.4 Å². The van der Waals surface area contributed by atoms with Crippen molar-refractivity contribution < 1.29 is 4.74 Å². The third-order valence-electron chi connectivity index (χ3n) is 3.07. The van der Waals surface area contributed by atoms with Crippen LogP contribution in [0.25, 0.3) is 0 Å². The van der Waals surface area contributed by atoms with Gasteiger partial charge in [0.2, 0.25) is 0 Å². The lowest BCUT2D eigenvalue weighted by molar-refractivity contribution is 0.244. The third-order valence-corrected chi connectivity index (χ3v) is 4.01. The normalized spacial score (nSPS) is 10.8. The smallest absolute Gasteiger partial charge is 0.144 e. The van der Waals surface area contributed by atoms with Crippen LogP contribution in [-0.2, 0) is 6.42 Å². The van der Waals surface area contributed by atoms with E-state index in [1.165, 1.54) is 4.88 Å². The summed E-state index contributed by atoms with van der Waals surface area (Å²) in [7, 11) is 2.10. The van der Waals surface area contributed by atoms with Gasteiger partial charge in [-0.2, -0.15) is 0 Å². The lowest BCUT2D eigenvalue weighted by Crippen LogP contribution is -2.20. The van der Waals surface area contributed by atoms with Crippen molar-refractivity contribution in [3.05, 3.63) is 40.6 Å². The molecule has 0 unspecified atom stereocenters. The van der Waals surface area contributed by atoms with Gasteiger partial charge < -0.3 is 15.4 Å². The van der Waals surface area contributed by atoms with Crippen LogP contribution >= 0.6 is 11.3 Å². The van der Waals surface area contributed by atoms with E-state index in [0.29, 0.717) is 5.69 Å². The number of nitrogens with two attached hydrogens (primary N) is 1. The lowest BCUT2D eigenvalue weighted by Gasteiger charge is -2.21. The van der Waals surface area contributed by atoms with E-state index in [1.807, 2.05) is 32.0 Å². The minimum Gasteiger partial charge on any atom is -0.489 e. The number of benzene rings is 1. The Hall–Kier alpha value is -1.68. The van der Waals surface area contributed by atoms with Gasteiger partial charge in [-0.3, -0.25) is 0 Å². The Labute approximate surface area is 125 Å². The highest BCUT2D eigenvalue weighted by Gasteiger charge is 2.08. The van der Waals surface area contributed by atoms with Crippen LogP contribution in [-0.4, -0.2) is 19.7 Å². The Balaban J connectivity index is 2.03. The molecule has 0 fully saturated rings. The molecule has 0 atom stereocenters. The van der Waals surface area contributed by atoms with Gasteiger partial charge in [-0.25, -0.2) is 0 Å². The summed E-state index contributed by atoms with van der Waals surface area (Å²) in [5, 5.41) is 2.12. The molecule has 108 valence electrons. The average Bonchev–Trinajstić information content (AvgIpc) is 2.91. The van der Waals surface area contributed by atoms with E-state index in [1.54, 1.807) is 11.3 Å². The van der Waals surface area contributed by atoms with Gasteiger partial charge in [0.05, 0.1) is 11.8 Å². The summed E-state index contributed by atoms with van der Waals surface area (Å²) in [5.74, 6) is 0.764. The Morgan fingerprint density at radius 2 is 2.10 bits per heavy atom. The molecule has 0 aliphatic rings. The molecule has 3 nitrogen and oxygen atoms in total. The van der Waals surface area contributed by atoms with Crippen LogP contribution in [0.2, 0.25) is 0 Å². The summed E-state index contributed by atoms with van der Waals surface area (Å²) in [5.41, 5.74) is 7.77. The second-order valence-corrected chi connectivity index (χ2v) is 6.17. The van der Waals surface area contributed by atoms with Crippen LogP contribution in [0, 0.1) is 0 Å². The van der Waals surface area contributed by atoms with Crippen LogP contribution in [0.4, 0.5) is 11.4 Å². The largest absolute Gasteiger partial charge is 0.489 e. The Kier molecular flexibility index (Phi) is 4.90. The molecule has 0 aliphatic carbocycles. The van der Waals surface area contributed by atoms with Crippen LogP contribution in [0.15, 0.2) is 35.7 Å². The number of hydrogen-bond donors (Lipinski definition) is 1. The molecular weight excluding hydrogens is 268 g/mol. The predicted molar refractivity (Wildman–Crippen MR) is 87.9 cm³/mol. The van der Waals surface area contributed by atoms with Crippen LogP contribution in [0.3, 0.4) is 0 Å². The highest BCUT2D eigenvalue weighted by molar-refractivity contribution is 7.09. The molecular formula is C16H22N2OS. The Morgan fingerprint density at radius 3 is 2.75 bits per heavy atom. The molecule has 1 aromatic heterocycles. The summed E-state index contributed by atoms with van der Waals surface area (Å²) < 4.78 is 5.74. The molecule has 0 bridgehead atoms. The van der Waals surface area contributed by atoms with Crippen molar-refractivity contribution in [2.75, 3.05) is 24.2 Å². The number of rotatable bonds is 6. The van der Waals surface area contributed by atoms with E-state index in [2.05, 4.69) is 29.5 Å². The van der Waals surface area contributed by atoms with Crippen molar-refractivity contribution in [3.8, 4) is 5.75 Å². The topological polar surface area (TPSA) is 38.5 Å². The van der Waals surface area contributed by atoms with Crippen molar-refractivity contribution in [1.29, 1.82) is 0 Å². The molecule has 0 saturated heterocycles. The standard InChI is InChI=1S/C16H22N2OS/c1-12(2)19-16-11-13(6-7-15(16)17)18(3)9-8-14-5-4-10-20-14/h4-7,10-12H,8-9,17H2,1-3H3. The molecule has 1 aromatic carbocycles. The Morgan fingerprint density at radius 1 is 1.30 bits per heavy atom. The van der Waals surface area contributed by atoms with E-state index in [4.69, 9.17) is 10.5 Å². The van der Waals surface area contributed by atoms with Gasteiger partial charge in [-0.1, -0.05) is 6.07 Å². The average molecular weight is 290 g/mol. The highest BCUT2D eigenvalue weighted by Crippen LogP contribution is 2.28. The minimum atomic E-state index is 0.129. The van der Waals surface area contributed by atoms with Gasteiger partial charge in [0.25, 0.3) is 0 Å². The molecule has 0 amide bonds. The molecule has 2 aromatic rings. The number of ether oxygens (including phenoxy) is 1. The third kappa shape index (κ3) is 3.90. The number of thiophene rings is 1. The minimum absolute atomic E-state index is 0.129. The first-order valence-electron chi connectivity index (χ1n) is 6.86. The summed E-state index contributed by atoms with van der Waals surface area (Å²) >= 11 is 1.80. The monoisotopic (exact) mass is 290 g/mol. The second kappa shape index (κ2) is 6.66. The van der Waals surface area contributed by atoms with Gasteiger partial charge in [0.15, 0.2) is 0 Å². The fourth-order valence-corrected chi connectivity index (χ4v) is 2.68. The van der Waals surface area contributed by atoms with E-state index >= 15 is 0 Å². The fourth-order valence-electron chi connectivity index (χ4n) is 1.98. The summed E-state index contributed by atoms with van der Waals surface area (Å²) in [6, 6.07) is 10.2. The van der Waals surface area contributed by atoms with Gasteiger partial charge in [0, 0.05) is 30.2 Å². The highest BCUT2D eigenvalue weighted by atomic mass is 32.1. The summed E-state index contributed by atoms with van der Waals surface area (Å²) in [4.78, 5) is 3.64. The molecule has 0 aliphatic heterocycles. The van der Waals surface area contributed by atoms with Gasteiger partial charge in [-0.15, -0.1) is 11.3 Å². The SMILES string of the molecule is CC(C)Oc1cc(N(C)CCc2cccs2)ccc1N. The van der Waals surface area contributed by atoms with Crippen molar-refractivity contribution in [1.82, 2.24) is 0 Å². The molecule has 0 saturated carbocycles. The maximum atomic E-state index is 5.95. The Bertz CT molecular complexity index is 537. The number of nitrogens with zero attached hydrogens (tertiary/aromatic N) is 1. The summed E-state index contributed by atoms with van der Waals surface area (Å²) in [6.07, 6.45) is 1.18. The lowest BCUT2D eigenvalue weighted by atomic mass is 10.2. The molecule has 2 N–H and O–H groups in total. The first kappa shape index (κ1) is 14.7. The first-order valence-corrected chi connectivity index (χ1v) is 7.74. The van der Waals surface area contributed by atoms with Crippen LogP contribution in [0.1, 0.15) is 18.7 Å². The zero-order valence-corrected chi connectivity index (χ0v) is 13.1. The predicted octanol–water partition coefficient (Wildman–Crippen LogP) is 3.80. The van der Waals surface area contributed by atoms with Crippen molar-refractivity contribution in [2.45, 2.75) is 26.4 Å². The van der Waals surface area contributed by atoms with Gasteiger partial charge in [-0.05, 0) is 43.8 Å². The van der Waals surface area contributed by atoms with Crippen molar-refractivity contribution >= 4 is 22.7 Å². The maximum Gasteiger partial charge on any atom is 0.144 e. The molecule has 0 spiro atoms. The van der Waals surface area contributed by atoms with E-state index in [9.17, 15) is 0 Å². The maximum absolute atomic E-state index is 5.95. The zero-order valence-electron chi connectivity index (χ0n) is 12.3. The van der Waals surface area contributed by atoms with Crippen molar-refractivity contribution in [2.24, 2.45) is 0 Å². The molecule has 20 heavy (non-hydrogen) atoms. The molecule has 2 rings (SSSR count). The fraction of sp³-hybridized carbons (Fsp3) is 0.375. The van der Waals surface area contributed by atoms with Gasteiger partial charge in [0.1, 0.15) is 5.75 Å². The van der Waals surface area contributed by atoms with E-state index in [-0.39, 0.29) is 6.10 Å². The first-order chi connectivity index (χ1) is 9.56. The number of nitrogen functional groups attached to an aromatic ring is 1. The summed E-state index contributed by atoms with van der Waals surface area (Å²) in [6.45, 7) is 4.99.